The van der Waals surface area contributed by atoms with Crippen LogP contribution in [0.25, 0.3) is 0 Å². The molecule has 0 saturated heterocycles. The number of nitrogens with zero attached hydrogens (tertiary/aromatic N) is 1. The van der Waals surface area contributed by atoms with Crippen LogP contribution in [0.2, 0.25) is 0 Å². The van der Waals surface area contributed by atoms with E-state index in [-0.39, 0.29) is 12.1 Å². The second-order valence-corrected chi connectivity index (χ2v) is 6.49. The fourth-order valence-corrected chi connectivity index (χ4v) is 3.85. The van der Waals surface area contributed by atoms with E-state index >= 15 is 0 Å². The highest BCUT2D eigenvalue weighted by molar-refractivity contribution is 7.07. The van der Waals surface area contributed by atoms with E-state index in [1.54, 1.807) is 11.3 Å². The van der Waals surface area contributed by atoms with Crippen LogP contribution in [-0.2, 0) is 0 Å². The number of nitrogens with two attached hydrogens (primary N) is 1. The summed E-state index contributed by atoms with van der Waals surface area (Å²) >= 11 is 1.70. The Balaban J connectivity index is 2.07. The second kappa shape index (κ2) is 5.70. The maximum atomic E-state index is 10.5. The molecule has 3 nitrogen and oxygen atoms in total. The summed E-state index contributed by atoms with van der Waals surface area (Å²) in [4.78, 5) is 2.22. The Hall–Kier alpha value is -0.420. The molecule has 1 aromatic rings. The zero-order valence-electron chi connectivity index (χ0n) is 11.3. The van der Waals surface area contributed by atoms with Crippen LogP contribution < -0.4 is 5.73 Å². The lowest BCUT2D eigenvalue weighted by Crippen LogP contribution is -2.45. The van der Waals surface area contributed by atoms with Crippen LogP contribution in [0.15, 0.2) is 16.8 Å². The molecule has 18 heavy (non-hydrogen) atoms. The van der Waals surface area contributed by atoms with E-state index in [4.69, 9.17) is 5.73 Å². The summed E-state index contributed by atoms with van der Waals surface area (Å²) in [5.74, 6) is 0. The van der Waals surface area contributed by atoms with Crippen molar-refractivity contribution in [2.75, 3.05) is 13.6 Å². The Labute approximate surface area is 114 Å². The Kier molecular flexibility index (Phi) is 4.43. The molecule has 0 amide bonds. The lowest BCUT2D eigenvalue weighted by molar-refractivity contribution is 0.00259. The minimum absolute atomic E-state index is 0.0644. The van der Waals surface area contributed by atoms with Gasteiger partial charge in [0, 0.05) is 12.6 Å². The Morgan fingerprint density at radius 1 is 1.50 bits per heavy atom. The van der Waals surface area contributed by atoms with Crippen molar-refractivity contribution >= 4 is 11.3 Å². The predicted molar refractivity (Wildman–Crippen MR) is 76.8 cm³/mol. The molecule has 0 aliphatic heterocycles. The first kappa shape index (κ1) is 14.0. The molecule has 2 unspecified atom stereocenters. The summed E-state index contributed by atoms with van der Waals surface area (Å²) in [5.41, 5.74) is 6.89. The number of thiophene rings is 1. The smallest absolute Gasteiger partial charge is 0.0774 e. The van der Waals surface area contributed by atoms with E-state index in [0.29, 0.717) is 0 Å². The lowest BCUT2D eigenvalue weighted by atomic mass is 9.97. The highest BCUT2D eigenvalue weighted by Crippen LogP contribution is 2.33. The van der Waals surface area contributed by atoms with Gasteiger partial charge in [-0.3, -0.25) is 4.90 Å². The molecule has 4 heteroatoms. The highest BCUT2D eigenvalue weighted by Gasteiger charge is 2.34. The first-order chi connectivity index (χ1) is 8.52. The first-order valence-electron chi connectivity index (χ1n) is 6.72. The van der Waals surface area contributed by atoms with Crippen LogP contribution in [0.4, 0.5) is 0 Å². The van der Waals surface area contributed by atoms with E-state index in [1.807, 2.05) is 6.92 Å². The number of hydrogen-bond acceptors (Lipinski definition) is 4. The molecule has 1 heterocycles. The minimum atomic E-state index is -0.502. The van der Waals surface area contributed by atoms with Crippen molar-refractivity contribution in [2.45, 2.75) is 50.3 Å². The van der Waals surface area contributed by atoms with Gasteiger partial charge in [-0.2, -0.15) is 11.3 Å². The van der Waals surface area contributed by atoms with Crippen molar-refractivity contribution in [1.29, 1.82) is 0 Å². The Bertz CT molecular complexity index is 358. The second-order valence-electron chi connectivity index (χ2n) is 5.71. The number of likely N-dealkylation sites (N-methyl/N-ethyl adjacent to an activating group) is 1. The summed E-state index contributed by atoms with van der Waals surface area (Å²) in [6.45, 7) is 2.76. The largest absolute Gasteiger partial charge is 0.389 e. The van der Waals surface area contributed by atoms with Gasteiger partial charge in [-0.1, -0.05) is 12.8 Å². The molecule has 0 radical (unpaired) electrons. The molecular formula is C14H24N2OS. The van der Waals surface area contributed by atoms with E-state index in [2.05, 4.69) is 28.8 Å². The molecule has 2 atom stereocenters. The average molecular weight is 268 g/mol. The SMILES string of the molecule is CC(N)C(c1ccsc1)N(C)CC1(O)CCCC1. The van der Waals surface area contributed by atoms with Gasteiger partial charge in [-0.25, -0.2) is 0 Å². The summed E-state index contributed by atoms with van der Waals surface area (Å²) in [6, 6.07) is 2.39. The molecule has 1 aliphatic carbocycles. The van der Waals surface area contributed by atoms with Gasteiger partial charge in [-0.05, 0) is 49.2 Å². The van der Waals surface area contributed by atoms with Crippen molar-refractivity contribution < 1.29 is 5.11 Å². The highest BCUT2D eigenvalue weighted by atomic mass is 32.1. The summed E-state index contributed by atoms with van der Waals surface area (Å²) in [6.07, 6.45) is 4.14. The summed E-state index contributed by atoms with van der Waals surface area (Å²) < 4.78 is 0. The van der Waals surface area contributed by atoms with Crippen molar-refractivity contribution in [3.63, 3.8) is 0 Å². The van der Waals surface area contributed by atoms with Crippen molar-refractivity contribution in [3.05, 3.63) is 22.4 Å². The van der Waals surface area contributed by atoms with E-state index in [0.717, 1.165) is 32.2 Å². The molecule has 1 saturated carbocycles. The monoisotopic (exact) mass is 268 g/mol. The zero-order valence-corrected chi connectivity index (χ0v) is 12.1. The number of rotatable bonds is 5. The normalized spacial score (nSPS) is 22.3. The molecule has 1 aliphatic rings. The van der Waals surface area contributed by atoms with Gasteiger partial charge in [0.2, 0.25) is 0 Å². The predicted octanol–water partition coefficient (Wildman–Crippen LogP) is 2.37. The topological polar surface area (TPSA) is 49.5 Å². The van der Waals surface area contributed by atoms with Gasteiger partial charge in [-0.15, -0.1) is 0 Å². The molecule has 2 rings (SSSR count). The van der Waals surface area contributed by atoms with Gasteiger partial charge >= 0.3 is 0 Å². The fraction of sp³-hybridized carbons (Fsp3) is 0.714. The van der Waals surface area contributed by atoms with Crippen LogP contribution in [-0.4, -0.2) is 35.2 Å². The van der Waals surface area contributed by atoms with Gasteiger partial charge in [0.15, 0.2) is 0 Å². The summed E-state index contributed by atoms with van der Waals surface area (Å²) in [7, 11) is 2.07. The third-order valence-corrected chi connectivity index (χ3v) is 4.64. The van der Waals surface area contributed by atoms with Gasteiger partial charge < -0.3 is 10.8 Å². The van der Waals surface area contributed by atoms with E-state index < -0.39 is 5.60 Å². The van der Waals surface area contributed by atoms with Gasteiger partial charge in [0.05, 0.1) is 11.6 Å². The standard InChI is InChI=1S/C14H24N2OS/c1-11(15)13(12-5-8-18-9-12)16(2)10-14(17)6-3-4-7-14/h5,8-9,11,13,17H,3-4,6-7,10,15H2,1-2H3. The maximum absolute atomic E-state index is 10.5. The molecule has 102 valence electrons. The quantitative estimate of drug-likeness (QED) is 0.862. The van der Waals surface area contributed by atoms with E-state index in [1.165, 1.54) is 5.56 Å². The minimum Gasteiger partial charge on any atom is -0.389 e. The third-order valence-electron chi connectivity index (χ3n) is 3.94. The Morgan fingerprint density at radius 2 is 2.17 bits per heavy atom. The van der Waals surface area contributed by atoms with Gasteiger partial charge in [0.25, 0.3) is 0 Å². The van der Waals surface area contributed by atoms with Crippen LogP contribution in [0.5, 0.6) is 0 Å². The van der Waals surface area contributed by atoms with Crippen molar-refractivity contribution in [2.24, 2.45) is 5.73 Å². The molecule has 0 aromatic carbocycles. The molecule has 0 bridgehead atoms. The first-order valence-corrected chi connectivity index (χ1v) is 7.66. The molecule has 3 N–H and O–H groups in total. The average Bonchev–Trinajstić information content (AvgIpc) is 2.89. The van der Waals surface area contributed by atoms with Crippen LogP contribution in [0.1, 0.15) is 44.2 Å². The Morgan fingerprint density at radius 3 is 2.67 bits per heavy atom. The van der Waals surface area contributed by atoms with Crippen molar-refractivity contribution in [1.82, 2.24) is 4.90 Å². The maximum Gasteiger partial charge on any atom is 0.0774 e. The third kappa shape index (κ3) is 3.12. The molecular weight excluding hydrogens is 244 g/mol. The number of aliphatic hydroxyl groups is 1. The zero-order chi connectivity index (χ0) is 13.2. The van der Waals surface area contributed by atoms with E-state index in [9.17, 15) is 5.11 Å². The van der Waals surface area contributed by atoms with Crippen LogP contribution in [0, 0.1) is 0 Å². The molecule has 1 aromatic heterocycles. The summed E-state index contributed by atoms with van der Waals surface area (Å²) in [5, 5.41) is 14.8. The fourth-order valence-electron chi connectivity index (χ4n) is 3.16. The molecule has 1 fully saturated rings. The van der Waals surface area contributed by atoms with Gasteiger partial charge in [0.1, 0.15) is 0 Å². The molecule has 0 spiro atoms. The van der Waals surface area contributed by atoms with Crippen molar-refractivity contribution in [3.8, 4) is 0 Å². The number of hydrogen-bond donors (Lipinski definition) is 2. The van der Waals surface area contributed by atoms with Crippen LogP contribution in [0.3, 0.4) is 0 Å². The lowest BCUT2D eigenvalue weighted by Gasteiger charge is -2.36. The van der Waals surface area contributed by atoms with Crippen LogP contribution >= 0.6 is 11.3 Å².